The zero-order chi connectivity index (χ0) is 15.7. The molecule has 0 heterocycles. The van der Waals surface area contributed by atoms with Gasteiger partial charge in [0.2, 0.25) is 0 Å². The maximum Gasteiger partial charge on any atom is 0.311 e. The van der Waals surface area contributed by atoms with E-state index in [0.717, 1.165) is 31.4 Å². The fourth-order valence-electron chi connectivity index (χ4n) is 2.08. The van der Waals surface area contributed by atoms with E-state index in [1.54, 1.807) is 12.1 Å². The van der Waals surface area contributed by atoms with E-state index in [2.05, 4.69) is 26.1 Å². The molecule has 0 amide bonds. The Morgan fingerprint density at radius 2 is 2.00 bits per heavy atom. The first-order valence-corrected chi connectivity index (χ1v) is 7.73. The van der Waals surface area contributed by atoms with Gasteiger partial charge in [-0.25, -0.2) is 0 Å². The van der Waals surface area contributed by atoms with Gasteiger partial charge in [-0.3, -0.25) is 10.1 Å². The van der Waals surface area contributed by atoms with E-state index < -0.39 is 0 Å². The van der Waals surface area contributed by atoms with Crippen LogP contribution in [0.15, 0.2) is 18.2 Å². The number of nitro groups is 1. The molecule has 0 fully saturated rings. The van der Waals surface area contributed by atoms with Crippen LogP contribution in [0.1, 0.15) is 45.6 Å². The molecule has 0 bridgehead atoms. The first kappa shape index (κ1) is 17.4. The van der Waals surface area contributed by atoms with Crippen LogP contribution in [0, 0.1) is 16.0 Å². The molecule has 21 heavy (non-hydrogen) atoms. The lowest BCUT2D eigenvalue weighted by molar-refractivity contribution is -0.386. The van der Waals surface area contributed by atoms with E-state index in [1.165, 1.54) is 0 Å². The molecule has 1 N–H and O–H groups in total. The van der Waals surface area contributed by atoms with Crippen LogP contribution in [0.4, 0.5) is 5.69 Å². The standard InChI is InChI=1S/C16H26N2O3/c1-4-9-17-11-14-7-8-16(15(10-14)18(19)20)21-12-13(5-2)6-3/h7-8,10,13,17H,4-6,9,11-12H2,1-3H3. The Bertz CT molecular complexity index is 445. The minimum absolute atomic E-state index is 0.0526. The summed E-state index contributed by atoms with van der Waals surface area (Å²) < 4.78 is 5.66. The minimum Gasteiger partial charge on any atom is -0.487 e. The van der Waals surface area contributed by atoms with Crippen molar-refractivity contribution in [2.24, 2.45) is 5.92 Å². The first-order chi connectivity index (χ1) is 10.1. The van der Waals surface area contributed by atoms with Gasteiger partial charge in [-0.2, -0.15) is 0 Å². The second-order valence-electron chi connectivity index (χ2n) is 5.23. The van der Waals surface area contributed by atoms with E-state index in [9.17, 15) is 10.1 Å². The molecule has 0 radical (unpaired) electrons. The third-order valence-corrected chi connectivity index (χ3v) is 3.61. The number of hydrogen-bond donors (Lipinski definition) is 1. The molecule has 0 atom stereocenters. The van der Waals surface area contributed by atoms with Crippen molar-refractivity contribution in [3.05, 3.63) is 33.9 Å². The Labute approximate surface area is 126 Å². The van der Waals surface area contributed by atoms with E-state index in [-0.39, 0.29) is 10.6 Å². The lowest BCUT2D eigenvalue weighted by Gasteiger charge is -2.14. The van der Waals surface area contributed by atoms with Crippen LogP contribution >= 0.6 is 0 Å². The predicted octanol–water partition coefficient (Wildman–Crippen LogP) is 3.91. The molecule has 0 aliphatic rings. The van der Waals surface area contributed by atoms with Crippen LogP contribution < -0.4 is 10.1 Å². The Hall–Kier alpha value is -1.62. The van der Waals surface area contributed by atoms with Gasteiger partial charge in [-0.15, -0.1) is 0 Å². The topological polar surface area (TPSA) is 64.4 Å². The zero-order valence-electron chi connectivity index (χ0n) is 13.2. The number of hydrogen-bond acceptors (Lipinski definition) is 4. The van der Waals surface area contributed by atoms with Crippen molar-refractivity contribution in [3.8, 4) is 5.75 Å². The van der Waals surface area contributed by atoms with Crippen LogP contribution in [0.25, 0.3) is 0 Å². The molecular formula is C16H26N2O3. The average Bonchev–Trinajstić information content (AvgIpc) is 2.49. The van der Waals surface area contributed by atoms with Crippen LogP contribution in [0.2, 0.25) is 0 Å². The summed E-state index contributed by atoms with van der Waals surface area (Å²) >= 11 is 0. The molecule has 1 rings (SSSR count). The molecule has 1 aromatic carbocycles. The largest absolute Gasteiger partial charge is 0.487 e. The summed E-state index contributed by atoms with van der Waals surface area (Å²) in [7, 11) is 0. The highest BCUT2D eigenvalue weighted by Gasteiger charge is 2.17. The van der Waals surface area contributed by atoms with Crippen molar-refractivity contribution >= 4 is 5.69 Å². The Morgan fingerprint density at radius 1 is 1.29 bits per heavy atom. The lowest BCUT2D eigenvalue weighted by Crippen LogP contribution is -2.14. The fourth-order valence-corrected chi connectivity index (χ4v) is 2.08. The third-order valence-electron chi connectivity index (χ3n) is 3.61. The van der Waals surface area contributed by atoms with Gasteiger partial charge in [0.05, 0.1) is 11.5 Å². The van der Waals surface area contributed by atoms with Gasteiger partial charge in [0, 0.05) is 12.6 Å². The molecule has 0 unspecified atom stereocenters. The lowest BCUT2D eigenvalue weighted by atomic mass is 10.1. The van der Waals surface area contributed by atoms with Gasteiger partial charge >= 0.3 is 5.69 Å². The van der Waals surface area contributed by atoms with Gasteiger partial charge in [0.25, 0.3) is 0 Å². The minimum atomic E-state index is -0.369. The maximum atomic E-state index is 11.2. The van der Waals surface area contributed by atoms with E-state index in [4.69, 9.17) is 4.74 Å². The zero-order valence-corrected chi connectivity index (χ0v) is 13.2. The highest BCUT2D eigenvalue weighted by Crippen LogP contribution is 2.28. The van der Waals surface area contributed by atoms with Crippen LogP contribution in [0.5, 0.6) is 5.75 Å². The number of nitrogens with zero attached hydrogens (tertiary/aromatic N) is 1. The number of rotatable bonds is 10. The molecule has 5 nitrogen and oxygen atoms in total. The monoisotopic (exact) mass is 294 g/mol. The molecule has 5 heteroatoms. The summed E-state index contributed by atoms with van der Waals surface area (Å²) in [6.45, 7) is 8.37. The molecule has 0 aliphatic heterocycles. The second-order valence-corrected chi connectivity index (χ2v) is 5.23. The van der Waals surface area contributed by atoms with Crippen LogP contribution in [0.3, 0.4) is 0 Å². The Balaban J connectivity index is 2.77. The summed E-state index contributed by atoms with van der Waals surface area (Å²) in [6, 6.07) is 5.20. The molecular weight excluding hydrogens is 268 g/mol. The molecule has 0 saturated heterocycles. The fraction of sp³-hybridized carbons (Fsp3) is 0.625. The quantitative estimate of drug-likeness (QED) is 0.404. The van der Waals surface area contributed by atoms with Gasteiger partial charge < -0.3 is 10.1 Å². The second kappa shape index (κ2) is 9.34. The molecule has 0 saturated carbocycles. The van der Waals surface area contributed by atoms with Crippen molar-refractivity contribution in [2.75, 3.05) is 13.2 Å². The van der Waals surface area contributed by atoms with Gasteiger partial charge in [0.15, 0.2) is 5.75 Å². The summed E-state index contributed by atoms with van der Waals surface area (Å²) in [4.78, 5) is 10.8. The summed E-state index contributed by atoms with van der Waals surface area (Å²) in [6.07, 6.45) is 3.07. The van der Waals surface area contributed by atoms with E-state index >= 15 is 0 Å². The summed E-state index contributed by atoms with van der Waals surface area (Å²) in [5.41, 5.74) is 0.960. The maximum absolute atomic E-state index is 11.2. The SMILES string of the molecule is CCCNCc1ccc(OCC(CC)CC)c([N+](=O)[O-])c1. The van der Waals surface area contributed by atoms with Crippen molar-refractivity contribution in [2.45, 2.75) is 46.6 Å². The molecule has 1 aromatic rings. The summed E-state index contributed by atoms with van der Waals surface area (Å²) in [5.74, 6) is 0.807. The number of nitro benzene ring substituents is 1. The van der Waals surface area contributed by atoms with Gasteiger partial charge in [-0.05, 0) is 30.5 Å². The summed E-state index contributed by atoms with van der Waals surface area (Å²) in [5, 5.41) is 14.4. The molecule has 0 spiro atoms. The third kappa shape index (κ3) is 5.71. The van der Waals surface area contributed by atoms with Gasteiger partial charge in [0.1, 0.15) is 0 Å². The van der Waals surface area contributed by atoms with Crippen molar-refractivity contribution in [1.29, 1.82) is 0 Å². The number of ether oxygens (including phenoxy) is 1. The van der Waals surface area contributed by atoms with Crippen molar-refractivity contribution in [1.82, 2.24) is 5.32 Å². The number of benzene rings is 1. The highest BCUT2D eigenvalue weighted by atomic mass is 16.6. The smallest absolute Gasteiger partial charge is 0.311 e. The highest BCUT2D eigenvalue weighted by molar-refractivity contribution is 5.48. The Morgan fingerprint density at radius 3 is 2.57 bits per heavy atom. The Kier molecular flexibility index (Phi) is 7.75. The van der Waals surface area contributed by atoms with Crippen LogP contribution in [-0.2, 0) is 6.54 Å². The molecule has 0 aromatic heterocycles. The van der Waals surface area contributed by atoms with Crippen molar-refractivity contribution in [3.63, 3.8) is 0 Å². The molecule has 0 aliphatic carbocycles. The van der Waals surface area contributed by atoms with Gasteiger partial charge in [-0.1, -0.05) is 39.7 Å². The normalized spacial score (nSPS) is 10.9. The van der Waals surface area contributed by atoms with Crippen LogP contribution in [-0.4, -0.2) is 18.1 Å². The molecule has 118 valence electrons. The van der Waals surface area contributed by atoms with E-state index in [1.807, 2.05) is 6.07 Å². The number of nitrogens with one attached hydrogen (secondary N) is 1. The predicted molar refractivity (Wildman–Crippen MR) is 84.7 cm³/mol. The first-order valence-electron chi connectivity index (χ1n) is 7.73. The van der Waals surface area contributed by atoms with E-state index in [0.29, 0.717) is 24.8 Å². The van der Waals surface area contributed by atoms with Crippen molar-refractivity contribution < 1.29 is 9.66 Å². The average molecular weight is 294 g/mol.